The van der Waals surface area contributed by atoms with Crippen molar-refractivity contribution < 1.29 is 0 Å². The Labute approximate surface area is 317 Å². The molecule has 258 valence electrons. The van der Waals surface area contributed by atoms with E-state index in [4.69, 9.17) is 9.97 Å². The molecule has 1 aliphatic rings. The van der Waals surface area contributed by atoms with Gasteiger partial charge in [0.15, 0.2) is 0 Å². The molecule has 12 rings (SSSR count). The molecule has 0 fully saturated rings. The summed E-state index contributed by atoms with van der Waals surface area (Å²) < 4.78 is 6.95. The maximum Gasteiger partial charge on any atom is 0.140 e. The monoisotopic (exact) mass is 703 g/mol. The highest BCUT2D eigenvalue weighted by atomic mass is 15.1. The fourth-order valence-corrected chi connectivity index (χ4v) is 9.39. The van der Waals surface area contributed by atoms with E-state index in [-0.39, 0.29) is 5.92 Å². The van der Waals surface area contributed by atoms with Gasteiger partial charge in [0.2, 0.25) is 0 Å². The maximum atomic E-state index is 5.08. The summed E-state index contributed by atoms with van der Waals surface area (Å²) in [5.74, 6) is 2.00. The van der Waals surface area contributed by atoms with Gasteiger partial charge in [0.1, 0.15) is 11.6 Å². The first-order chi connectivity index (χ1) is 27.2. The van der Waals surface area contributed by atoms with Crippen LogP contribution in [-0.2, 0) is 7.05 Å². The van der Waals surface area contributed by atoms with E-state index in [0.29, 0.717) is 0 Å². The van der Waals surface area contributed by atoms with Gasteiger partial charge in [-0.3, -0.25) is 4.57 Å². The van der Waals surface area contributed by atoms with E-state index < -0.39 is 0 Å². The third kappa shape index (κ3) is 4.29. The number of benzene rings is 7. The average molecular weight is 704 g/mol. The smallest absolute Gasteiger partial charge is 0.140 e. The van der Waals surface area contributed by atoms with E-state index in [2.05, 4.69) is 185 Å². The molecule has 0 bridgehead atoms. The van der Waals surface area contributed by atoms with Gasteiger partial charge in [-0.2, -0.15) is 0 Å². The predicted octanol–water partition coefficient (Wildman–Crippen LogP) is 12.0. The van der Waals surface area contributed by atoms with Crippen LogP contribution in [0.2, 0.25) is 0 Å². The van der Waals surface area contributed by atoms with Crippen molar-refractivity contribution in [3.63, 3.8) is 0 Å². The minimum Gasteiger partial charge on any atom is -0.327 e. The van der Waals surface area contributed by atoms with Crippen LogP contribution in [0.15, 0.2) is 176 Å². The predicted molar refractivity (Wildman–Crippen MR) is 225 cm³/mol. The van der Waals surface area contributed by atoms with Gasteiger partial charge in [-0.15, -0.1) is 0 Å². The number of hydrogen-bond acceptors (Lipinski definition) is 2. The molecule has 0 radical (unpaired) electrons. The first-order valence-corrected chi connectivity index (χ1v) is 18.8. The van der Waals surface area contributed by atoms with Crippen LogP contribution in [-0.4, -0.2) is 23.7 Å². The summed E-state index contributed by atoms with van der Waals surface area (Å²) >= 11 is 0. The van der Waals surface area contributed by atoms with Gasteiger partial charge in [0.25, 0.3) is 0 Å². The molecule has 5 heteroatoms. The zero-order valence-electron chi connectivity index (χ0n) is 30.1. The summed E-state index contributed by atoms with van der Waals surface area (Å²) in [4.78, 5) is 10.1. The van der Waals surface area contributed by atoms with Gasteiger partial charge in [-0.1, -0.05) is 115 Å². The van der Waals surface area contributed by atoms with Crippen molar-refractivity contribution in [3.05, 3.63) is 193 Å². The van der Waals surface area contributed by atoms with E-state index in [0.717, 1.165) is 50.5 Å². The summed E-state index contributed by atoms with van der Waals surface area (Å²) in [6.45, 7) is 0. The minimum absolute atomic E-state index is 0.140. The summed E-state index contributed by atoms with van der Waals surface area (Å²) in [6.07, 6.45) is 1.98. The van der Waals surface area contributed by atoms with Crippen molar-refractivity contribution in [2.24, 2.45) is 7.05 Å². The highest BCUT2D eigenvalue weighted by molar-refractivity contribution is 6.12. The molecular weight excluding hydrogens is 671 g/mol. The van der Waals surface area contributed by atoms with E-state index in [1.54, 1.807) is 0 Å². The number of pyridine rings is 1. The van der Waals surface area contributed by atoms with Crippen LogP contribution in [0, 0.1) is 0 Å². The second-order valence-electron chi connectivity index (χ2n) is 14.7. The summed E-state index contributed by atoms with van der Waals surface area (Å²) in [5.41, 5.74) is 15.4. The number of aryl methyl sites for hydroxylation is 1. The third-order valence-electron chi connectivity index (χ3n) is 11.8. The van der Waals surface area contributed by atoms with E-state index in [1.807, 2.05) is 12.3 Å². The number of nitrogens with zero attached hydrogens (tertiary/aromatic N) is 5. The Morgan fingerprint density at radius 3 is 1.78 bits per heavy atom. The Morgan fingerprint density at radius 1 is 0.473 bits per heavy atom. The van der Waals surface area contributed by atoms with Crippen molar-refractivity contribution in [1.29, 1.82) is 0 Å². The highest BCUT2D eigenvalue weighted by Gasteiger charge is 2.30. The second kappa shape index (κ2) is 11.4. The molecule has 55 heavy (non-hydrogen) atoms. The lowest BCUT2D eigenvalue weighted by Crippen LogP contribution is -2.03. The van der Waals surface area contributed by atoms with Crippen LogP contribution < -0.4 is 0 Å². The first-order valence-electron chi connectivity index (χ1n) is 18.8. The number of aromatic nitrogens is 5. The van der Waals surface area contributed by atoms with E-state index in [9.17, 15) is 0 Å². The fraction of sp³-hybridized carbons (Fsp3) is 0.0400. The first kappa shape index (κ1) is 30.2. The SMILES string of the molecule is Cn1c(-c2ccc3c4ccccc4n(-c4ccc5c6ccccc6n(-c6cc(C7c8ccccc8-c8ccccc87)ccn6)c5c4)c3c2)nc2ccccc21. The van der Waals surface area contributed by atoms with Crippen molar-refractivity contribution in [2.75, 3.05) is 0 Å². The standard InChI is InChI=1S/C50H33N5/c1-53-45-21-11-8-18-42(45)52-50(53)32-22-24-38-36-14-6-9-19-43(36)54(46(38)28-32)33-23-25-39-37-15-7-10-20-44(37)55(47(39)30-33)48-29-31(26-27-51-48)49-40-16-4-2-12-34(40)35-13-3-5-17-41(35)49/h2-30,49H,1H3. The topological polar surface area (TPSA) is 40.6 Å². The Kier molecular flexibility index (Phi) is 6.26. The Bertz CT molecular complexity index is 3310. The Balaban J connectivity index is 1.08. The lowest BCUT2D eigenvalue weighted by Gasteiger charge is -2.16. The molecule has 0 saturated heterocycles. The zero-order valence-corrected chi connectivity index (χ0v) is 30.1. The molecule has 0 saturated carbocycles. The highest BCUT2D eigenvalue weighted by Crippen LogP contribution is 2.48. The molecular formula is C50H33N5. The second-order valence-corrected chi connectivity index (χ2v) is 14.7. The van der Waals surface area contributed by atoms with Crippen LogP contribution >= 0.6 is 0 Å². The molecule has 11 aromatic rings. The van der Waals surface area contributed by atoms with Crippen molar-refractivity contribution in [3.8, 4) is 34.0 Å². The lowest BCUT2D eigenvalue weighted by atomic mass is 9.90. The number of para-hydroxylation sites is 4. The maximum absolute atomic E-state index is 5.08. The van der Waals surface area contributed by atoms with Gasteiger partial charge >= 0.3 is 0 Å². The van der Waals surface area contributed by atoms with Gasteiger partial charge < -0.3 is 9.13 Å². The van der Waals surface area contributed by atoms with Crippen LogP contribution in [0.1, 0.15) is 22.6 Å². The van der Waals surface area contributed by atoms with Gasteiger partial charge in [-0.05, 0) is 82.4 Å². The number of rotatable bonds is 4. The molecule has 0 amide bonds. The van der Waals surface area contributed by atoms with Gasteiger partial charge in [0.05, 0.1) is 33.1 Å². The average Bonchev–Trinajstić information content (AvgIpc) is 3.97. The minimum atomic E-state index is 0.140. The fourth-order valence-electron chi connectivity index (χ4n) is 9.39. The molecule has 0 aliphatic heterocycles. The Hall–Kier alpha value is -7.24. The summed E-state index contributed by atoms with van der Waals surface area (Å²) in [7, 11) is 2.10. The molecule has 4 aromatic heterocycles. The normalized spacial score (nSPS) is 12.7. The number of fused-ring (bicyclic) bond motifs is 10. The Morgan fingerprint density at radius 2 is 1.05 bits per heavy atom. The quantitative estimate of drug-likeness (QED) is 0.183. The molecule has 1 aliphatic carbocycles. The summed E-state index contributed by atoms with van der Waals surface area (Å²) in [5, 5.41) is 4.84. The van der Waals surface area contributed by atoms with Crippen LogP contribution in [0.4, 0.5) is 0 Å². The third-order valence-corrected chi connectivity index (χ3v) is 11.8. The molecule has 5 nitrogen and oxygen atoms in total. The van der Waals surface area contributed by atoms with Gasteiger partial charge in [-0.25, -0.2) is 9.97 Å². The zero-order chi connectivity index (χ0) is 36.2. The molecule has 0 atom stereocenters. The van der Waals surface area contributed by atoms with Crippen molar-refractivity contribution >= 4 is 54.6 Å². The largest absolute Gasteiger partial charge is 0.327 e. The molecule has 0 spiro atoms. The van der Waals surface area contributed by atoms with Crippen molar-refractivity contribution in [2.45, 2.75) is 5.92 Å². The molecule has 7 aromatic carbocycles. The number of hydrogen-bond donors (Lipinski definition) is 0. The van der Waals surface area contributed by atoms with Crippen LogP contribution in [0.25, 0.3) is 88.7 Å². The molecule has 4 heterocycles. The van der Waals surface area contributed by atoms with Crippen LogP contribution in [0.3, 0.4) is 0 Å². The molecule has 0 unspecified atom stereocenters. The summed E-state index contributed by atoms with van der Waals surface area (Å²) in [6, 6.07) is 61.6. The molecule has 0 N–H and O–H groups in total. The van der Waals surface area contributed by atoms with E-state index >= 15 is 0 Å². The lowest BCUT2D eigenvalue weighted by molar-refractivity contribution is 0.959. The van der Waals surface area contributed by atoms with E-state index in [1.165, 1.54) is 54.9 Å². The van der Waals surface area contributed by atoms with Crippen molar-refractivity contribution in [1.82, 2.24) is 23.7 Å². The van der Waals surface area contributed by atoms with Crippen LogP contribution in [0.5, 0.6) is 0 Å². The number of imidazole rings is 1. The van der Waals surface area contributed by atoms with Gasteiger partial charge in [0, 0.05) is 52.0 Å².